The molecule has 3 nitrogen and oxygen atoms in total. The Kier molecular flexibility index (Phi) is 4.80. The fourth-order valence-corrected chi connectivity index (χ4v) is 1.96. The number of hydrogen-bond acceptors (Lipinski definition) is 3. The van der Waals surface area contributed by atoms with E-state index in [1.165, 1.54) is 0 Å². The summed E-state index contributed by atoms with van der Waals surface area (Å²) in [6, 6.07) is 5.37. The molecule has 0 aliphatic heterocycles. The van der Waals surface area contributed by atoms with Gasteiger partial charge in [0.25, 0.3) is 0 Å². The summed E-state index contributed by atoms with van der Waals surface area (Å²) in [6.45, 7) is 4.80. The number of halogens is 1. The number of methoxy groups -OCH3 is 1. The number of benzene rings is 1. The minimum absolute atomic E-state index is 0.00669. The van der Waals surface area contributed by atoms with Gasteiger partial charge < -0.3 is 16.2 Å². The third-order valence-electron chi connectivity index (χ3n) is 2.92. The molecule has 0 spiro atoms. The summed E-state index contributed by atoms with van der Waals surface area (Å²) < 4.78 is 5.30. The van der Waals surface area contributed by atoms with Gasteiger partial charge in [0.1, 0.15) is 5.75 Å². The van der Waals surface area contributed by atoms with Crippen molar-refractivity contribution in [3.8, 4) is 5.75 Å². The fourth-order valence-electron chi connectivity index (χ4n) is 1.78. The molecule has 0 amide bonds. The van der Waals surface area contributed by atoms with E-state index in [1.807, 2.05) is 12.1 Å². The van der Waals surface area contributed by atoms with E-state index in [-0.39, 0.29) is 11.5 Å². The lowest BCUT2D eigenvalue weighted by molar-refractivity contribution is 0.312. The van der Waals surface area contributed by atoms with E-state index in [1.54, 1.807) is 13.2 Å². The monoisotopic (exact) mass is 256 g/mol. The van der Waals surface area contributed by atoms with Gasteiger partial charge in [-0.1, -0.05) is 25.4 Å². The van der Waals surface area contributed by atoms with Crippen LogP contribution in [0.15, 0.2) is 18.2 Å². The van der Waals surface area contributed by atoms with Gasteiger partial charge in [-0.3, -0.25) is 0 Å². The lowest BCUT2D eigenvalue weighted by Crippen LogP contribution is -2.28. The van der Waals surface area contributed by atoms with Gasteiger partial charge >= 0.3 is 0 Å². The van der Waals surface area contributed by atoms with E-state index >= 15 is 0 Å². The van der Waals surface area contributed by atoms with Gasteiger partial charge in [-0.05, 0) is 36.6 Å². The highest BCUT2D eigenvalue weighted by Crippen LogP contribution is 2.33. The molecule has 0 bridgehead atoms. The summed E-state index contributed by atoms with van der Waals surface area (Å²) in [5.41, 5.74) is 12.9. The fraction of sp³-hybridized carbons (Fsp3) is 0.538. The lowest BCUT2D eigenvalue weighted by Gasteiger charge is -2.27. The molecule has 1 aromatic carbocycles. The van der Waals surface area contributed by atoms with Gasteiger partial charge in [0.15, 0.2) is 0 Å². The zero-order valence-electron chi connectivity index (χ0n) is 10.7. The molecule has 96 valence electrons. The molecule has 1 rings (SSSR count). The molecule has 1 unspecified atom stereocenters. The summed E-state index contributed by atoms with van der Waals surface area (Å²) in [7, 11) is 1.63. The molecule has 1 atom stereocenters. The van der Waals surface area contributed by atoms with Crippen molar-refractivity contribution in [3.63, 3.8) is 0 Å². The maximum atomic E-state index is 6.21. The summed E-state index contributed by atoms with van der Waals surface area (Å²) in [4.78, 5) is 0. The predicted octanol–water partition coefficient (Wildman–Crippen LogP) is 2.72. The van der Waals surface area contributed by atoms with E-state index < -0.39 is 0 Å². The number of rotatable bonds is 5. The van der Waals surface area contributed by atoms with Crippen LogP contribution in [0.2, 0.25) is 5.02 Å². The predicted molar refractivity (Wildman–Crippen MR) is 72.4 cm³/mol. The first kappa shape index (κ1) is 14.3. The Bertz CT molecular complexity index is 380. The van der Waals surface area contributed by atoms with Gasteiger partial charge in [-0.25, -0.2) is 0 Å². The highest BCUT2D eigenvalue weighted by Gasteiger charge is 2.22. The standard InChI is InChI=1S/C13H21ClN2O/c1-13(2,8-15)7-11(16)10-6-9(14)4-5-12(10)17-3/h4-6,11H,7-8,15-16H2,1-3H3. The molecule has 17 heavy (non-hydrogen) atoms. The Balaban J connectivity index is 2.95. The van der Waals surface area contributed by atoms with Crippen molar-refractivity contribution in [3.05, 3.63) is 28.8 Å². The van der Waals surface area contributed by atoms with Crippen LogP contribution in [0.25, 0.3) is 0 Å². The molecule has 0 radical (unpaired) electrons. The summed E-state index contributed by atoms with van der Waals surface area (Å²) in [5, 5.41) is 0.668. The molecular weight excluding hydrogens is 236 g/mol. The third-order valence-corrected chi connectivity index (χ3v) is 3.15. The van der Waals surface area contributed by atoms with Gasteiger partial charge in [0.2, 0.25) is 0 Å². The van der Waals surface area contributed by atoms with Gasteiger partial charge in [0.05, 0.1) is 7.11 Å². The molecule has 0 fully saturated rings. The smallest absolute Gasteiger partial charge is 0.123 e. The molecule has 4 N–H and O–H groups in total. The van der Waals surface area contributed by atoms with E-state index in [0.717, 1.165) is 17.7 Å². The zero-order chi connectivity index (χ0) is 13.1. The van der Waals surface area contributed by atoms with Crippen molar-refractivity contribution in [2.75, 3.05) is 13.7 Å². The second-order valence-corrected chi connectivity index (χ2v) is 5.50. The number of nitrogens with two attached hydrogens (primary N) is 2. The average Bonchev–Trinajstić information content (AvgIpc) is 2.28. The summed E-state index contributed by atoms with van der Waals surface area (Å²) in [6.07, 6.45) is 0.792. The Morgan fingerprint density at radius 1 is 1.41 bits per heavy atom. The second kappa shape index (κ2) is 5.71. The van der Waals surface area contributed by atoms with Crippen LogP contribution in [-0.2, 0) is 0 Å². The van der Waals surface area contributed by atoms with Crippen molar-refractivity contribution in [2.45, 2.75) is 26.3 Å². The topological polar surface area (TPSA) is 61.3 Å². The number of ether oxygens (including phenoxy) is 1. The maximum absolute atomic E-state index is 6.21. The molecule has 0 saturated carbocycles. The molecule has 0 aliphatic carbocycles. The van der Waals surface area contributed by atoms with Crippen LogP contribution in [-0.4, -0.2) is 13.7 Å². The van der Waals surface area contributed by atoms with Crippen LogP contribution >= 0.6 is 11.6 Å². The Hall–Kier alpha value is -0.770. The number of hydrogen-bond donors (Lipinski definition) is 2. The molecule has 1 aromatic rings. The first-order valence-corrected chi connectivity index (χ1v) is 6.06. The van der Waals surface area contributed by atoms with E-state index in [2.05, 4.69) is 13.8 Å². The van der Waals surface area contributed by atoms with E-state index in [0.29, 0.717) is 11.6 Å². The van der Waals surface area contributed by atoms with Gasteiger partial charge in [0, 0.05) is 16.6 Å². The minimum Gasteiger partial charge on any atom is -0.496 e. The highest BCUT2D eigenvalue weighted by molar-refractivity contribution is 6.30. The van der Waals surface area contributed by atoms with Crippen LogP contribution < -0.4 is 16.2 Å². The van der Waals surface area contributed by atoms with Crippen LogP contribution in [0.4, 0.5) is 0 Å². The average molecular weight is 257 g/mol. The zero-order valence-corrected chi connectivity index (χ0v) is 11.4. The molecule has 0 aromatic heterocycles. The first-order valence-electron chi connectivity index (χ1n) is 5.69. The lowest BCUT2D eigenvalue weighted by atomic mass is 9.84. The van der Waals surface area contributed by atoms with Crippen molar-refractivity contribution in [1.82, 2.24) is 0 Å². The normalized spacial score (nSPS) is 13.5. The molecule has 0 heterocycles. The first-order chi connectivity index (χ1) is 7.89. The van der Waals surface area contributed by atoms with Crippen molar-refractivity contribution in [1.29, 1.82) is 0 Å². The molecule has 0 aliphatic rings. The van der Waals surface area contributed by atoms with Crippen molar-refractivity contribution in [2.24, 2.45) is 16.9 Å². The van der Waals surface area contributed by atoms with E-state index in [4.69, 9.17) is 27.8 Å². The molecule has 0 saturated heterocycles. The van der Waals surface area contributed by atoms with E-state index in [9.17, 15) is 0 Å². The minimum atomic E-state index is -0.123. The van der Waals surface area contributed by atoms with Crippen molar-refractivity contribution < 1.29 is 4.74 Å². The van der Waals surface area contributed by atoms with Gasteiger partial charge in [-0.15, -0.1) is 0 Å². The largest absolute Gasteiger partial charge is 0.496 e. The summed E-state index contributed by atoms with van der Waals surface area (Å²) >= 11 is 5.99. The molecule has 4 heteroatoms. The summed E-state index contributed by atoms with van der Waals surface area (Å²) in [5.74, 6) is 0.773. The van der Waals surface area contributed by atoms with Crippen LogP contribution in [0.1, 0.15) is 31.9 Å². The third kappa shape index (κ3) is 3.87. The Morgan fingerprint density at radius 2 is 2.06 bits per heavy atom. The quantitative estimate of drug-likeness (QED) is 0.852. The maximum Gasteiger partial charge on any atom is 0.123 e. The van der Waals surface area contributed by atoms with Crippen LogP contribution in [0, 0.1) is 5.41 Å². The van der Waals surface area contributed by atoms with Gasteiger partial charge in [-0.2, -0.15) is 0 Å². The molecular formula is C13H21ClN2O. The Labute approximate surface area is 108 Å². The second-order valence-electron chi connectivity index (χ2n) is 5.07. The SMILES string of the molecule is COc1ccc(Cl)cc1C(N)CC(C)(C)CN. The van der Waals surface area contributed by atoms with Crippen LogP contribution in [0.3, 0.4) is 0 Å². The van der Waals surface area contributed by atoms with Crippen LogP contribution in [0.5, 0.6) is 5.75 Å². The Morgan fingerprint density at radius 3 is 2.59 bits per heavy atom. The van der Waals surface area contributed by atoms with Crippen molar-refractivity contribution >= 4 is 11.6 Å². The highest BCUT2D eigenvalue weighted by atomic mass is 35.5.